The molecule has 1 N–H and O–H groups in total. The molecule has 3 unspecified atom stereocenters. The average molecular weight is 182 g/mol. The molecule has 2 heteroatoms. The van der Waals surface area contributed by atoms with Crippen molar-refractivity contribution < 1.29 is 9.90 Å². The molecular weight excluding hydrogens is 164 g/mol. The zero-order chi connectivity index (χ0) is 9.64. The van der Waals surface area contributed by atoms with Crippen LogP contribution in [0, 0.1) is 23.2 Å². The number of carbonyl (C=O) groups is 1. The fourth-order valence-electron chi connectivity index (χ4n) is 3.59. The number of carboxylic acid groups (broad SMARTS) is 1. The molecule has 0 aliphatic heterocycles. The standard InChI is InChI=1S/C11H18O2/c1-11(2)8-4-3-7(5-8)9(11)6-10(12)13/h7-9H,3-6H2,1-2H3,(H,12,13). The maximum absolute atomic E-state index is 10.7. The van der Waals surface area contributed by atoms with Crippen LogP contribution in [0.5, 0.6) is 0 Å². The number of aliphatic carboxylic acids is 1. The van der Waals surface area contributed by atoms with Gasteiger partial charge < -0.3 is 5.11 Å². The molecule has 2 nitrogen and oxygen atoms in total. The predicted molar refractivity (Wildman–Crippen MR) is 50.4 cm³/mol. The van der Waals surface area contributed by atoms with E-state index in [1.807, 2.05) is 0 Å². The van der Waals surface area contributed by atoms with Crippen LogP contribution >= 0.6 is 0 Å². The van der Waals surface area contributed by atoms with Gasteiger partial charge in [0.2, 0.25) is 0 Å². The molecule has 2 bridgehead atoms. The molecule has 2 fully saturated rings. The van der Waals surface area contributed by atoms with E-state index in [9.17, 15) is 4.79 Å². The first-order chi connectivity index (χ1) is 6.01. The third-order valence-corrected chi connectivity index (χ3v) is 4.44. The highest BCUT2D eigenvalue weighted by Crippen LogP contribution is 2.60. The molecule has 3 atom stereocenters. The van der Waals surface area contributed by atoms with Crippen molar-refractivity contribution in [2.75, 3.05) is 0 Å². The van der Waals surface area contributed by atoms with E-state index in [0.717, 1.165) is 5.92 Å². The van der Waals surface area contributed by atoms with Gasteiger partial charge in [0, 0.05) is 6.42 Å². The number of hydrogen-bond acceptors (Lipinski definition) is 1. The van der Waals surface area contributed by atoms with Crippen LogP contribution in [0.4, 0.5) is 0 Å². The van der Waals surface area contributed by atoms with Gasteiger partial charge in [0.15, 0.2) is 0 Å². The van der Waals surface area contributed by atoms with Crippen LogP contribution in [-0.2, 0) is 4.79 Å². The zero-order valence-corrected chi connectivity index (χ0v) is 8.42. The Bertz CT molecular complexity index is 232. The van der Waals surface area contributed by atoms with Crippen LogP contribution in [-0.4, -0.2) is 11.1 Å². The quantitative estimate of drug-likeness (QED) is 0.712. The van der Waals surface area contributed by atoms with Crippen LogP contribution in [0.15, 0.2) is 0 Å². The molecule has 2 aliphatic rings. The van der Waals surface area contributed by atoms with Crippen LogP contribution < -0.4 is 0 Å². The lowest BCUT2D eigenvalue weighted by Gasteiger charge is -2.37. The van der Waals surface area contributed by atoms with Gasteiger partial charge in [-0.25, -0.2) is 0 Å². The molecule has 0 heterocycles. The lowest BCUT2D eigenvalue weighted by atomic mass is 9.67. The Morgan fingerprint density at radius 1 is 1.46 bits per heavy atom. The second-order valence-corrected chi connectivity index (χ2v) is 5.30. The second kappa shape index (κ2) is 2.73. The van der Waals surface area contributed by atoms with Crippen LogP contribution in [0.3, 0.4) is 0 Å². The maximum Gasteiger partial charge on any atom is 0.303 e. The summed E-state index contributed by atoms with van der Waals surface area (Å²) in [6.07, 6.45) is 4.26. The molecule has 0 aromatic carbocycles. The number of carboxylic acids is 1. The topological polar surface area (TPSA) is 37.3 Å². The fourth-order valence-corrected chi connectivity index (χ4v) is 3.59. The molecule has 0 aromatic heterocycles. The van der Waals surface area contributed by atoms with Crippen LogP contribution in [0.25, 0.3) is 0 Å². The van der Waals surface area contributed by atoms with Gasteiger partial charge in [-0.3, -0.25) is 4.79 Å². The fraction of sp³-hybridized carbons (Fsp3) is 0.909. The van der Waals surface area contributed by atoms with E-state index in [0.29, 0.717) is 18.3 Å². The molecule has 13 heavy (non-hydrogen) atoms. The van der Waals surface area contributed by atoms with E-state index in [4.69, 9.17) is 5.11 Å². The highest BCUT2D eigenvalue weighted by molar-refractivity contribution is 5.67. The zero-order valence-electron chi connectivity index (χ0n) is 8.42. The highest BCUT2D eigenvalue weighted by atomic mass is 16.4. The van der Waals surface area contributed by atoms with Crippen LogP contribution in [0.2, 0.25) is 0 Å². The summed E-state index contributed by atoms with van der Waals surface area (Å²) in [5.74, 6) is 1.31. The summed E-state index contributed by atoms with van der Waals surface area (Å²) >= 11 is 0. The predicted octanol–water partition coefficient (Wildman–Crippen LogP) is 2.53. The Morgan fingerprint density at radius 2 is 2.15 bits per heavy atom. The summed E-state index contributed by atoms with van der Waals surface area (Å²) in [5, 5.41) is 8.83. The summed E-state index contributed by atoms with van der Waals surface area (Å²) in [7, 11) is 0. The Labute approximate surface area is 79.3 Å². The number of hydrogen-bond donors (Lipinski definition) is 1. The first kappa shape index (κ1) is 9.04. The molecule has 74 valence electrons. The van der Waals surface area contributed by atoms with Crippen molar-refractivity contribution >= 4 is 5.97 Å². The van der Waals surface area contributed by atoms with Gasteiger partial charge in [-0.2, -0.15) is 0 Å². The van der Waals surface area contributed by atoms with Gasteiger partial charge in [-0.15, -0.1) is 0 Å². The molecule has 2 rings (SSSR count). The Hall–Kier alpha value is -0.530. The van der Waals surface area contributed by atoms with Crippen molar-refractivity contribution in [3.63, 3.8) is 0 Å². The molecule has 0 amide bonds. The maximum atomic E-state index is 10.7. The minimum atomic E-state index is -0.620. The Balaban J connectivity index is 2.14. The Kier molecular flexibility index (Phi) is 1.90. The lowest BCUT2D eigenvalue weighted by molar-refractivity contribution is -0.139. The van der Waals surface area contributed by atoms with Crippen molar-refractivity contribution in [2.24, 2.45) is 23.2 Å². The van der Waals surface area contributed by atoms with Gasteiger partial charge in [0.25, 0.3) is 0 Å². The van der Waals surface area contributed by atoms with Crippen LogP contribution in [0.1, 0.15) is 39.5 Å². The SMILES string of the molecule is CC1(C)C2CCC(C2)C1CC(=O)O. The van der Waals surface area contributed by atoms with E-state index in [1.54, 1.807) is 0 Å². The van der Waals surface area contributed by atoms with Gasteiger partial charge in [0.05, 0.1) is 0 Å². The smallest absolute Gasteiger partial charge is 0.303 e. The van der Waals surface area contributed by atoms with Crippen molar-refractivity contribution in [3.05, 3.63) is 0 Å². The molecule has 2 saturated carbocycles. The lowest BCUT2D eigenvalue weighted by Crippen LogP contribution is -2.32. The molecule has 0 spiro atoms. The Morgan fingerprint density at radius 3 is 2.62 bits per heavy atom. The molecule has 2 aliphatic carbocycles. The van der Waals surface area contributed by atoms with E-state index >= 15 is 0 Å². The first-order valence-corrected chi connectivity index (χ1v) is 5.23. The molecule has 0 aromatic rings. The van der Waals surface area contributed by atoms with E-state index in [1.165, 1.54) is 19.3 Å². The molecule has 0 radical (unpaired) electrons. The largest absolute Gasteiger partial charge is 0.481 e. The third-order valence-electron chi connectivity index (χ3n) is 4.44. The van der Waals surface area contributed by atoms with E-state index in [2.05, 4.69) is 13.8 Å². The minimum absolute atomic E-state index is 0.279. The van der Waals surface area contributed by atoms with Crippen molar-refractivity contribution in [2.45, 2.75) is 39.5 Å². The normalized spacial score (nSPS) is 40.9. The van der Waals surface area contributed by atoms with Gasteiger partial charge in [-0.05, 0) is 42.4 Å². The van der Waals surface area contributed by atoms with Gasteiger partial charge in [-0.1, -0.05) is 13.8 Å². The van der Waals surface area contributed by atoms with E-state index in [-0.39, 0.29) is 5.41 Å². The van der Waals surface area contributed by atoms with Gasteiger partial charge >= 0.3 is 5.97 Å². The van der Waals surface area contributed by atoms with E-state index < -0.39 is 5.97 Å². The van der Waals surface area contributed by atoms with Crippen molar-refractivity contribution in [1.29, 1.82) is 0 Å². The summed E-state index contributed by atoms with van der Waals surface area (Å²) in [6, 6.07) is 0. The molecule has 0 saturated heterocycles. The summed E-state index contributed by atoms with van der Waals surface area (Å²) < 4.78 is 0. The monoisotopic (exact) mass is 182 g/mol. The number of rotatable bonds is 2. The van der Waals surface area contributed by atoms with Crippen molar-refractivity contribution in [1.82, 2.24) is 0 Å². The average Bonchev–Trinajstić information content (AvgIpc) is 2.53. The molecular formula is C11H18O2. The van der Waals surface area contributed by atoms with Gasteiger partial charge in [0.1, 0.15) is 0 Å². The highest BCUT2D eigenvalue weighted by Gasteiger charge is 2.52. The summed E-state index contributed by atoms with van der Waals surface area (Å²) in [6.45, 7) is 4.51. The third kappa shape index (κ3) is 1.27. The summed E-state index contributed by atoms with van der Waals surface area (Å²) in [4.78, 5) is 10.7. The van der Waals surface area contributed by atoms with Crippen molar-refractivity contribution in [3.8, 4) is 0 Å². The summed E-state index contributed by atoms with van der Waals surface area (Å²) in [5.41, 5.74) is 0.279. The first-order valence-electron chi connectivity index (χ1n) is 5.23. The second-order valence-electron chi connectivity index (χ2n) is 5.30. The number of fused-ring (bicyclic) bond motifs is 2. The minimum Gasteiger partial charge on any atom is -0.481 e.